The van der Waals surface area contributed by atoms with Crippen molar-refractivity contribution in [2.24, 2.45) is 0 Å². The van der Waals surface area contributed by atoms with E-state index in [0.29, 0.717) is 0 Å². The van der Waals surface area contributed by atoms with Gasteiger partial charge in [0.15, 0.2) is 0 Å². The second-order valence-corrected chi connectivity index (χ2v) is 19.9. The van der Waals surface area contributed by atoms with Crippen molar-refractivity contribution in [1.29, 1.82) is 0 Å². The van der Waals surface area contributed by atoms with Gasteiger partial charge in [-0.15, -0.1) is 0 Å². The summed E-state index contributed by atoms with van der Waals surface area (Å²) in [5.41, 5.74) is 0. The summed E-state index contributed by atoms with van der Waals surface area (Å²) >= 11 is 2.81. The van der Waals surface area contributed by atoms with Crippen molar-refractivity contribution in [3.05, 3.63) is 0 Å². The van der Waals surface area contributed by atoms with Crippen molar-refractivity contribution in [2.45, 2.75) is 25.7 Å². The van der Waals surface area contributed by atoms with E-state index in [4.69, 9.17) is 0 Å². The van der Waals surface area contributed by atoms with Crippen molar-refractivity contribution in [3.8, 4) is 0 Å². The normalized spacial score (nSPS) is 12.0. The maximum atomic E-state index is 4.17. The van der Waals surface area contributed by atoms with E-state index in [1.54, 1.807) is 0 Å². The van der Waals surface area contributed by atoms with Crippen LogP contribution in [0.5, 0.6) is 0 Å². The van der Waals surface area contributed by atoms with Gasteiger partial charge >= 0.3 is 62.4 Å². The second-order valence-electron chi connectivity index (χ2n) is 3.39. The van der Waals surface area contributed by atoms with Gasteiger partial charge in [-0.25, -0.2) is 0 Å². The summed E-state index contributed by atoms with van der Waals surface area (Å²) in [6, 6.07) is 0. The average molecular weight is 239 g/mol. The Labute approximate surface area is 62.3 Å². The quantitative estimate of drug-likeness (QED) is 0.568. The van der Waals surface area contributed by atoms with Crippen LogP contribution in [-0.4, -0.2) is 24.1 Å². The molecule has 0 aromatic heterocycles. The first-order valence-electron chi connectivity index (χ1n) is 3.17. The molecule has 2 heteroatoms. The number of thiol groups is 1. The molecule has 0 aliphatic rings. The molecule has 50 valence electrons. The molecular weight excluding hydrogens is 223 g/mol. The summed E-state index contributed by atoms with van der Waals surface area (Å²) in [6.07, 6.45) is 1.34. The van der Waals surface area contributed by atoms with Crippen LogP contribution in [0, 0.1) is 0 Å². The van der Waals surface area contributed by atoms with Gasteiger partial charge in [0.1, 0.15) is 0 Å². The van der Waals surface area contributed by atoms with E-state index in [1.807, 2.05) is 0 Å². The zero-order chi connectivity index (χ0) is 6.62. The molecule has 0 aliphatic heterocycles. The van der Waals surface area contributed by atoms with Gasteiger partial charge in [0.05, 0.1) is 0 Å². The van der Waals surface area contributed by atoms with E-state index in [1.165, 1.54) is 10.9 Å². The number of hydrogen-bond acceptors (Lipinski definition) is 1. The zero-order valence-electron chi connectivity index (χ0n) is 6.07. The van der Waals surface area contributed by atoms with Gasteiger partial charge in [-0.3, -0.25) is 0 Å². The summed E-state index contributed by atoms with van der Waals surface area (Å²) in [7, 11) is 0. The third-order valence-corrected chi connectivity index (χ3v) is 6.69. The molecule has 0 nitrogen and oxygen atoms in total. The molecule has 0 fully saturated rings. The molecule has 0 rings (SSSR count). The SMILES string of the molecule is [CH3][Sn]([CH3])([CH3])[CH2]CCS. The average Bonchev–Trinajstić information content (AvgIpc) is 1.59. The van der Waals surface area contributed by atoms with Gasteiger partial charge in [-0.05, 0) is 0 Å². The topological polar surface area (TPSA) is 0 Å². The molecule has 0 amide bonds. The summed E-state index contributed by atoms with van der Waals surface area (Å²) < 4.78 is 1.50. The van der Waals surface area contributed by atoms with Crippen LogP contribution < -0.4 is 0 Å². The Morgan fingerprint density at radius 3 is 1.88 bits per heavy atom. The molecule has 0 spiro atoms. The molecular formula is C6H16SSn. The summed E-state index contributed by atoms with van der Waals surface area (Å²) in [6.45, 7) is 0. The molecule has 0 aromatic carbocycles. The van der Waals surface area contributed by atoms with Crippen LogP contribution >= 0.6 is 12.6 Å². The predicted octanol–water partition coefficient (Wildman–Crippen LogP) is 2.64. The van der Waals surface area contributed by atoms with Gasteiger partial charge in [-0.1, -0.05) is 0 Å². The van der Waals surface area contributed by atoms with Crippen molar-refractivity contribution in [3.63, 3.8) is 0 Å². The minimum absolute atomic E-state index is 1.08. The molecule has 8 heavy (non-hydrogen) atoms. The van der Waals surface area contributed by atoms with Crippen LogP contribution in [0.2, 0.25) is 19.3 Å². The molecule has 0 N–H and O–H groups in total. The summed E-state index contributed by atoms with van der Waals surface area (Å²) in [5, 5.41) is 0. The molecule has 0 radical (unpaired) electrons. The molecule has 0 atom stereocenters. The fourth-order valence-corrected chi connectivity index (χ4v) is 5.15. The van der Waals surface area contributed by atoms with Gasteiger partial charge < -0.3 is 0 Å². The Balaban J connectivity index is 3.11. The standard InChI is InChI=1S/C3H7S.3CH3.Sn/c1-2-3-4;;;;/h4H,1-3H2;3*1H3;. The molecule has 0 aromatic rings. The molecule has 0 aliphatic carbocycles. The van der Waals surface area contributed by atoms with E-state index >= 15 is 0 Å². The van der Waals surface area contributed by atoms with Crippen molar-refractivity contribution < 1.29 is 0 Å². The Kier molecular flexibility index (Phi) is 4.62. The van der Waals surface area contributed by atoms with E-state index in [2.05, 4.69) is 27.4 Å². The summed E-state index contributed by atoms with van der Waals surface area (Å²) in [5.74, 6) is 1.08. The zero-order valence-corrected chi connectivity index (χ0v) is 9.82. The van der Waals surface area contributed by atoms with Crippen LogP contribution in [0.15, 0.2) is 0 Å². The Hall–Kier alpha value is 1.15. The van der Waals surface area contributed by atoms with Crippen LogP contribution in [-0.2, 0) is 0 Å². The monoisotopic (exact) mass is 240 g/mol. The fraction of sp³-hybridized carbons (Fsp3) is 1.00. The number of hydrogen-bond donors (Lipinski definition) is 1. The first kappa shape index (κ1) is 9.15. The molecule has 0 saturated carbocycles. The van der Waals surface area contributed by atoms with Gasteiger partial charge in [-0.2, -0.15) is 0 Å². The van der Waals surface area contributed by atoms with Crippen LogP contribution in [0.1, 0.15) is 6.42 Å². The molecule has 0 unspecified atom stereocenters. The third kappa shape index (κ3) is 7.15. The third-order valence-electron chi connectivity index (χ3n) is 1.08. The van der Waals surface area contributed by atoms with E-state index in [9.17, 15) is 0 Å². The van der Waals surface area contributed by atoms with Crippen LogP contribution in [0.3, 0.4) is 0 Å². The predicted molar refractivity (Wildman–Crippen MR) is 46.6 cm³/mol. The van der Waals surface area contributed by atoms with E-state index in [0.717, 1.165) is 5.75 Å². The Morgan fingerprint density at radius 1 is 1.25 bits per heavy atom. The van der Waals surface area contributed by atoms with Gasteiger partial charge in [0, 0.05) is 0 Å². The molecule has 0 saturated heterocycles. The van der Waals surface area contributed by atoms with Crippen molar-refractivity contribution >= 4 is 31.0 Å². The van der Waals surface area contributed by atoms with E-state index < -0.39 is 18.4 Å². The van der Waals surface area contributed by atoms with Crippen molar-refractivity contribution in [1.82, 2.24) is 0 Å². The summed E-state index contributed by atoms with van der Waals surface area (Å²) in [4.78, 5) is 7.41. The molecule has 0 heterocycles. The maximum absolute atomic E-state index is 4.17. The van der Waals surface area contributed by atoms with Crippen LogP contribution in [0.25, 0.3) is 0 Å². The Morgan fingerprint density at radius 2 is 1.75 bits per heavy atom. The molecule has 0 bridgehead atoms. The van der Waals surface area contributed by atoms with Gasteiger partial charge in [0.2, 0.25) is 0 Å². The minimum atomic E-state index is -1.36. The van der Waals surface area contributed by atoms with Crippen molar-refractivity contribution in [2.75, 3.05) is 5.75 Å². The first-order valence-corrected chi connectivity index (χ1v) is 14.4. The van der Waals surface area contributed by atoms with Crippen LogP contribution in [0.4, 0.5) is 0 Å². The fourth-order valence-electron chi connectivity index (χ4n) is 0.609. The Bertz CT molecular complexity index is 56.0. The van der Waals surface area contributed by atoms with Gasteiger partial charge in [0.25, 0.3) is 0 Å². The number of rotatable bonds is 3. The van der Waals surface area contributed by atoms with E-state index in [-0.39, 0.29) is 0 Å². The first-order chi connectivity index (χ1) is 3.56. The second kappa shape index (κ2) is 4.04.